The van der Waals surface area contributed by atoms with Crippen molar-refractivity contribution < 1.29 is 9.53 Å². The molecule has 1 unspecified atom stereocenters. The molecule has 0 aliphatic rings. The topological polar surface area (TPSA) is 64.3 Å². The summed E-state index contributed by atoms with van der Waals surface area (Å²) in [6, 6.07) is 0.0692. The van der Waals surface area contributed by atoms with E-state index in [9.17, 15) is 4.79 Å². The van der Waals surface area contributed by atoms with Crippen LogP contribution in [0.1, 0.15) is 78.1 Å². The second-order valence-corrected chi connectivity index (χ2v) is 6.01. The van der Waals surface area contributed by atoms with Crippen molar-refractivity contribution in [3.05, 3.63) is 0 Å². The van der Waals surface area contributed by atoms with Gasteiger partial charge in [0.05, 0.1) is 13.2 Å². The minimum absolute atomic E-state index is 0.0692. The van der Waals surface area contributed by atoms with Crippen molar-refractivity contribution >= 4 is 5.97 Å². The lowest BCUT2D eigenvalue weighted by atomic mass is 10.1. The summed E-state index contributed by atoms with van der Waals surface area (Å²) < 4.78 is 5.15. The summed E-state index contributed by atoms with van der Waals surface area (Å²) in [5, 5.41) is 2.97. The van der Waals surface area contributed by atoms with E-state index in [0.29, 0.717) is 13.2 Å². The summed E-state index contributed by atoms with van der Waals surface area (Å²) in [6.07, 6.45) is 12.9. The molecule has 0 bridgehead atoms. The fraction of sp³-hybridized carbons (Fsp3) is 0.941. The third kappa shape index (κ3) is 17.3. The predicted octanol–water partition coefficient (Wildman–Crippen LogP) is 3.39. The van der Waals surface area contributed by atoms with Crippen LogP contribution in [-0.4, -0.2) is 31.7 Å². The number of carbonyl (C=O) groups is 1. The Kier molecular flexibility index (Phi) is 15.3. The van der Waals surface area contributed by atoms with Crippen molar-refractivity contribution in [2.24, 2.45) is 5.73 Å². The molecule has 0 aliphatic carbocycles. The van der Waals surface area contributed by atoms with Gasteiger partial charge in [-0.05, 0) is 13.3 Å². The van der Waals surface area contributed by atoms with Gasteiger partial charge in [-0.25, -0.2) is 0 Å². The molecular formula is C17H36N2O2. The quantitative estimate of drug-likeness (QED) is 0.359. The number of unbranched alkanes of at least 4 members (excludes halogenated alkanes) is 9. The normalized spacial score (nSPS) is 12.3. The lowest BCUT2D eigenvalue weighted by Crippen LogP contribution is -2.34. The minimum Gasteiger partial charge on any atom is -0.465 e. The van der Waals surface area contributed by atoms with Crippen LogP contribution in [0.5, 0.6) is 0 Å². The van der Waals surface area contributed by atoms with E-state index >= 15 is 0 Å². The van der Waals surface area contributed by atoms with Gasteiger partial charge in [0.25, 0.3) is 0 Å². The van der Waals surface area contributed by atoms with Crippen molar-refractivity contribution in [1.29, 1.82) is 0 Å². The lowest BCUT2D eigenvalue weighted by molar-refractivity contribution is -0.142. The van der Waals surface area contributed by atoms with E-state index in [4.69, 9.17) is 10.5 Å². The Morgan fingerprint density at radius 1 is 1.00 bits per heavy atom. The summed E-state index contributed by atoms with van der Waals surface area (Å²) in [6.45, 7) is 5.62. The number of rotatable bonds is 15. The molecule has 0 amide bonds. The Balaban J connectivity index is 3.12. The largest absolute Gasteiger partial charge is 0.465 e. The summed E-state index contributed by atoms with van der Waals surface area (Å²) >= 11 is 0. The van der Waals surface area contributed by atoms with Crippen LogP contribution >= 0.6 is 0 Å². The molecule has 126 valence electrons. The predicted molar refractivity (Wildman–Crippen MR) is 89.3 cm³/mol. The number of esters is 1. The average Bonchev–Trinajstić information content (AvgIpc) is 2.44. The smallest absolute Gasteiger partial charge is 0.319 e. The Morgan fingerprint density at radius 2 is 1.52 bits per heavy atom. The molecule has 0 spiro atoms. The van der Waals surface area contributed by atoms with Crippen molar-refractivity contribution in [2.45, 2.75) is 84.1 Å². The first kappa shape index (κ1) is 20.4. The fourth-order valence-electron chi connectivity index (χ4n) is 2.23. The molecule has 0 rings (SSSR count). The fourth-order valence-corrected chi connectivity index (χ4v) is 2.23. The SMILES string of the molecule is CCCCCCCCCCCCOC(=O)CNCC(C)N. The zero-order chi connectivity index (χ0) is 15.8. The summed E-state index contributed by atoms with van der Waals surface area (Å²) in [5.41, 5.74) is 5.58. The molecule has 0 radical (unpaired) electrons. The minimum atomic E-state index is -0.174. The van der Waals surface area contributed by atoms with E-state index < -0.39 is 0 Å². The van der Waals surface area contributed by atoms with Crippen LogP contribution in [0.25, 0.3) is 0 Å². The van der Waals surface area contributed by atoms with Gasteiger partial charge < -0.3 is 15.8 Å². The van der Waals surface area contributed by atoms with E-state index in [1.807, 2.05) is 6.92 Å². The van der Waals surface area contributed by atoms with E-state index in [-0.39, 0.29) is 18.6 Å². The number of hydrogen-bond acceptors (Lipinski definition) is 4. The van der Waals surface area contributed by atoms with Gasteiger partial charge in [-0.15, -0.1) is 0 Å². The van der Waals surface area contributed by atoms with Gasteiger partial charge in [0, 0.05) is 12.6 Å². The summed E-state index contributed by atoms with van der Waals surface area (Å²) in [5.74, 6) is -0.174. The van der Waals surface area contributed by atoms with E-state index in [1.165, 1.54) is 51.4 Å². The van der Waals surface area contributed by atoms with E-state index in [1.54, 1.807) is 0 Å². The highest BCUT2D eigenvalue weighted by Crippen LogP contribution is 2.10. The van der Waals surface area contributed by atoms with Crippen molar-refractivity contribution in [2.75, 3.05) is 19.7 Å². The van der Waals surface area contributed by atoms with E-state index in [2.05, 4.69) is 12.2 Å². The number of nitrogens with one attached hydrogen (secondary N) is 1. The maximum absolute atomic E-state index is 11.4. The molecule has 4 heteroatoms. The number of hydrogen-bond donors (Lipinski definition) is 2. The van der Waals surface area contributed by atoms with Crippen LogP contribution in [0.15, 0.2) is 0 Å². The number of nitrogens with two attached hydrogens (primary N) is 1. The van der Waals surface area contributed by atoms with Crippen molar-refractivity contribution in [3.8, 4) is 0 Å². The van der Waals surface area contributed by atoms with E-state index in [0.717, 1.165) is 12.8 Å². The van der Waals surface area contributed by atoms with Crippen LogP contribution in [0, 0.1) is 0 Å². The molecule has 0 aliphatic heterocycles. The summed E-state index contributed by atoms with van der Waals surface area (Å²) in [4.78, 5) is 11.4. The highest BCUT2D eigenvalue weighted by atomic mass is 16.5. The molecule has 0 fully saturated rings. The Labute approximate surface area is 131 Å². The molecule has 0 saturated heterocycles. The van der Waals surface area contributed by atoms with Crippen LogP contribution in [0.2, 0.25) is 0 Å². The maximum Gasteiger partial charge on any atom is 0.319 e. The molecule has 1 atom stereocenters. The zero-order valence-electron chi connectivity index (χ0n) is 14.2. The standard InChI is InChI=1S/C17H36N2O2/c1-3-4-5-6-7-8-9-10-11-12-13-21-17(20)15-19-14-16(2)18/h16,19H,3-15,18H2,1-2H3. The molecule has 0 saturated carbocycles. The maximum atomic E-state index is 11.4. The van der Waals surface area contributed by atoms with Gasteiger partial charge in [-0.2, -0.15) is 0 Å². The Bertz CT molecular complexity index is 233. The molecule has 0 aromatic carbocycles. The van der Waals surface area contributed by atoms with Gasteiger partial charge in [-0.1, -0.05) is 64.7 Å². The summed E-state index contributed by atoms with van der Waals surface area (Å²) in [7, 11) is 0. The van der Waals surface area contributed by atoms with Gasteiger partial charge in [0.15, 0.2) is 0 Å². The molecule has 4 nitrogen and oxygen atoms in total. The Hall–Kier alpha value is -0.610. The monoisotopic (exact) mass is 300 g/mol. The van der Waals surface area contributed by atoms with Crippen LogP contribution in [0.3, 0.4) is 0 Å². The highest BCUT2D eigenvalue weighted by Gasteiger charge is 2.02. The molecule has 0 aromatic heterocycles. The third-order valence-electron chi connectivity index (χ3n) is 3.50. The molecular weight excluding hydrogens is 264 g/mol. The van der Waals surface area contributed by atoms with Crippen molar-refractivity contribution in [3.63, 3.8) is 0 Å². The zero-order valence-corrected chi connectivity index (χ0v) is 14.2. The van der Waals surface area contributed by atoms with Gasteiger partial charge in [0.1, 0.15) is 0 Å². The first-order chi connectivity index (χ1) is 10.2. The van der Waals surface area contributed by atoms with Gasteiger partial charge in [-0.3, -0.25) is 4.79 Å². The first-order valence-electron chi connectivity index (χ1n) is 8.78. The van der Waals surface area contributed by atoms with Crippen molar-refractivity contribution in [1.82, 2.24) is 5.32 Å². The highest BCUT2D eigenvalue weighted by molar-refractivity contribution is 5.71. The number of carbonyl (C=O) groups excluding carboxylic acids is 1. The number of ether oxygens (including phenoxy) is 1. The first-order valence-corrected chi connectivity index (χ1v) is 8.78. The molecule has 21 heavy (non-hydrogen) atoms. The Morgan fingerprint density at radius 3 is 2.05 bits per heavy atom. The average molecular weight is 300 g/mol. The second-order valence-electron chi connectivity index (χ2n) is 6.01. The van der Waals surface area contributed by atoms with Crippen LogP contribution in [-0.2, 0) is 9.53 Å². The van der Waals surface area contributed by atoms with Crippen LogP contribution < -0.4 is 11.1 Å². The third-order valence-corrected chi connectivity index (χ3v) is 3.50. The van der Waals surface area contributed by atoms with Gasteiger partial charge >= 0.3 is 5.97 Å². The molecule has 0 heterocycles. The second kappa shape index (κ2) is 15.8. The van der Waals surface area contributed by atoms with Gasteiger partial charge in [0.2, 0.25) is 0 Å². The molecule has 3 N–H and O–H groups in total. The lowest BCUT2D eigenvalue weighted by Gasteiger charge is -2.08. The van der Waals surface area contributed by atoms with Crippen LogP contribution in [0.4, 0.5) is 0 Å². The molecule has 0 aromatic rings.